The van der Waals surface area contributed by atoms with Gasteiger partial charge in [-0.1, -0.05) is 0 Å². The molecular weight excluding hydrogens is 204 g/mol. The van der Waals surface area contributed by atoms with Gasteiger partial charge in [0.05, 0.1) is 11.8 Å². The Balaban J connectivity index is 2.65. The van der Waals surface area contributed by atoms with Crippen molar-refractivity contribution in [2.24, 2.45) is 0 Å². The molecule has 0 heterocycles. The SMILES string of the molecule is CC(C)Oc1cc(NCCCO)ccc1N. The zero-order valence-electron chi connectivity index (χ0n) is 9.86. The van der Waals surface area contributed by atoms with Crippen LogP contribution in [0.5, 0.6) is 5.75 Å². The second-order valence-corrected chi connectivity index (χ2v) is 3.92. The molecule has 0 amide bonds. The zero-order chi connectivity index (χ0) is 12.0. The predicted molar refractivity (Wildman–Crippen MR) is 66.8 cm³/mol. The van der Waals surface area contributed by atoms with Gasteiger partial charge < -0.3 is 20.9 Å². The first-order chi connectivity index (χ1) is 7.63. The molecule has 4 nitrogen and oxygen atoms in total. The fourth-order valence-electron chi connectivity index (χ4n) is 1.31. The van der Waals surface area contributed by atoms with Gasteiger partial charge in [0.15, 0.2) is 0 Å². The van der Waals surface area contributed by atoms with Gasteiger partial charge >= 0.3 is 0 Å². The summed E-state index contributed by atoms with van der Waals surface area (Å²) in [6, 6.07) is 5.60. The summed E-state index contributed by atoms with van der Waals surface area (Å²) in [6.45, 7) is 4.86. The minimum atomic E-state index is 0.106. The summed E-state index contributed by atoms with van der Waals surface area (Å²) in [5.41, 5.74) is 7.40. The van der Waals surface area contributed by atoms with Crippen LogP contribution in [0, 0.1) is 0 Å². The summed E-state index contributed by atoms with van der Waals surface area (Å²) in [6.07, 6.45) is 0.833. The van der Waals surface area contributed by atoms with Crippen LogP contribution >= 0.6 is 0 Å². The number of aliphatic hydroxyl groups excluding tert-OH is 1. The van der Waals surface area contributed by atoms with E-state index in [0.29, 0.717) is 11.4 Å². The van der Waals surface area contributed by atoms with Crippen LogP contribution in [0.3, 0.4) is 0 Å². The number of hydrogen-bond acceptors (Lipinski definition) is 4. The minimum absolute atomic E-state index is 0.106. The summed E-state index contributed by atoms with van der Waals surface area (Å²) in [5, 5.41) is 11.9. The summed E-state index contributed by atoms with van der Waals surface area (Å²) in [4.78, 5) is 0. The van der Waals surface area contributed by atoms with Crippen LogP contribution in [0.1, 0.15) is 20.3 Å². The van der Waals surface area contributed by atoms with E-state index in [9.17, 15) is 0 Å². The molecule has 0 unspecified atom stereocenters. The third-order valence-corrected chi connectivity index (χ3v) is 2.04. The first-order valence-corrected chi connectivity index (χ1v) is 5.54. The first kappa shape index (κ1) is 12.6. The summed E-state index contributed by atoms with van der Waals surface area (Å²) < 4.78 is 5.58. The van der Waals surface area contributed by atoms with Crippen LogP contribution in [0.25, 0.3) is 0 Å². The first-order valence-electron chi connectivity index (χ1n) is 5.54. The maximum Gasteiger partial charge on any atom is 0.144 e. The third kappa shape index (κ3) is 3.98. The number of rotatable bonds is 6. The maximum atomic E-state index is 8.68. The quantitative estimate of drug-likeness (QED) is 0.509. The van der Waals surface area contributed by atoms with Gasteiger partial charge in [-0.05, 0) is 32.4 Å². The normalized spacial score (nSPS) is 10.5. The summed E-state index contributed by atoms with van der Waals surface area (Å²) >= 11 is 0. The standard InChI is InChI=1S/C12H20N2O2/c1-9(2)16-12-8-10(4-5-11(12)13)14-6-3-7-15/h4-5,8-9,14-15H,3,6-7,13H2,1-2H3. The van der Waals surface area contributed by atoms with E-state index < -0.39 is 0 Å². The molecular formula is C12H20N2O2. The van der Waals surface area contributed by atoms with Gasteiger partial charge in [-0.15, -0.1) is 0 Å². The number of nitrogens with one attached hydrogen (secondary N) is 1. The Bertz CT molecular complexity index is 327. The molecule has 0 atom stereocenters. The number of ether oxygens (including phenoxy) is 1. The van der Waals surface area contributed by atoms with Crippen molar-refractivity contribution in [3.8, 4) is 5.75 Å². The lowest BCUT2D eigenvalue weighted by Gasteiger charge is -2.14. The van der Waals surface area contributed by atoms with Gasteiger partial charge in [-0.3, -0.25) is 0 Å². The molecule has 0 aliphatic heterocycles. The highest BCUT2D eigenvalue weighted by Crippen LogP contribution is 2.26. The Hall–Kier alpha value is -1.42. The third-order valence-electron chi connectivity index (χ3n) is 2.04. The molecule has 0 saturated heterocycles. The van der Waals surface area contributed by atoms with Gasteiger partial charge in [0.2, 0.25) is 0 Å². The lowest BCUT2D eigenvalue weighted by molar-refractivity contribution is 0.244. The van der Waals surface area contributed by atoms with E-state index in [1.54, 1.807) is 0 Å². The van der Waals surface area contributed by atoms with Crippen LogP contribution in [0.4, 0.5) is 11.4 Å². The summed E-state index contributed by atoms with van der Waals surface area (Å²) in [5.74, 6) is 0.698. The van der Waals surface area contributed by atoms with Crippen molar-refractivity contribution in [3.63, 3.8) is 0 Å². The minimum Gasteiger partial charge on any atom is -0.489 e. The number of anilines is 2. The number of benzene rings is 1. The second kappa shape index (κ2) is 6.23. The van der Waals surface area contributed by atoms with Gasteiger partial charge in [-0.2, -0.15) is 0 Å². The lowest BCUT2D eigenvalue weighted by Crippen LogP contribution is -2.08. The summed E-state index contributed by atoms with van der Waals surface area (Å²) in [7, 11) is 0. The van der Waals surface area contributed by atoms with Gasteiger partial charge in [0.1, 0.15) is 5.75 Å². The molecule has 4 heteroatoms. The van der Waals surface area contributed by atoms with E-state index in [-0.39, 0.29) is 12.7 Å². The van der Waals surface area contributed by atoms with Crippen LogP contribution in [0.15, 0.2) is 18.2 Å². The van der Waals surface area contributed by atoms with E-state index in [2.05, 4.69) is 5.32 Å². The fourth-order valence-corrected chi connectivity index (χ4v) is 1.31. The van der Waals surface area contributed by atoms with E-state index >= 15 is 0 Å². The van der Waals surface area contributed by atoms with Gasteiger partial charge in [0.25, 0.3) is 0 Å². The van der Waals surface area contributed by atoms with Crippen molar-refractivity contribution < 1.29 is 9.84 Å². The number of aliphatic hydroxyl groups is 1. The van der Waals surface area contributed by atoms with E-state index in [4.69, 9.17) is 15.6 Å². The average Bonchev–Trinajstić information content (AvgIpc) is 2.22. The van der Waals surface area contributed by atoms with Crippen LogP contribution in [-0.4, -0.2) is 24.4 Å². The van der Waals surface area contributed by atoms with Crippen molar-refractivity contribution >= 4 is 11.4 Å². The van der Waals surface area contributed by atoms with Crippen molar-refractivity contribution in [2.75, 3.05) is 24.2 Å². The topological polar surface area (TPSA) is 67.5 Å². The number of nitrogen functional groups attached to an aromatic ring is 1. The molecule has 1 aromatic rings. The van der Waals surface area contributed by atoms with Crippen molar-refractivity contribution in [1.29, 1.82) is 0 Å². The lowest BCUT2D eigenvalue weighted by atomic mass is 10.2. The van der Waals surface area contributed by atoms with E-state index in [0.717, 1.165) is 18.7 Å². The Kier molecular flexibility index (Phi) is 4.92. The van der Waals surface area contributed by atoms with Gasteiger partial charge in [0, 0.05) is 24.9 Å². The Morgan fingerprint density at radius 2 is 2.19 bits per heavy atom. The highest BCUT2D eigenvalue weighted by molar-refractivity contribution is 5.61. The molecule has 0 aromatic heterocycles. The molecule has 90 valence electrons. The van der Waals surface area contributed by atoms with E-state index in [1.807, 2.05) is 32.0 Å². The Labute approximate surface area is 96.4 Å². The second-order valence-electron chi connectivity index (χ2n) is 3.92. The maximum absolute atomic E-state index is 8.68. The van der Waals surface area contributed by atoms with Crippen molar-refractivity contribution in [1.82, 2.24) is 0 Å². The zero-order valence-corrected chi connectivity index (χ0v) is 9.86. The molecule has 0 spiro atoms. The Morgan fingerprint density at radius 1 is 1.44 bits per heavy atom. The molecule has 1 aromatic carbocycles. The molecule has 0 aliphatic carbocycles. The molecule has 0 fully saturated rings. The monoisotopic (exact) mass is 224 g/mol. The average molecular weight is 224 g/mol. The molecule has 1 rings (SSSR count). The molecule has 16 heavy (non-hydrogen) atoms. The van der Waals surface area contributed by atoms with Crippen LogP contribution in [0.2, 0.25) is 0 Å². The fraction of sp³-hybridized carbons (Fsp3) is 0.500. The number of nitrogens with two attached hydrogens (primary N) is 1. The van der Waals surface area contributed by atoms with Crippen LogP contribution < -0.4 is 15.8 Å². The highest BCUT2D eigenvalue weighted by atomic mass is 16.5. The predicted octanol–water partition coefficient (Wildman–Crippen LogP) is 1.85. The van der Waals surface area contributed by atoms with Crippen molar-refractivity contribution in [3.05, 3.63) is 18.2 Å². The molecule has 4 N–H and O–H groups in total. The Morgan fingerprint density at radius 3 is 2.81 bits per heavy atom. The van der Waals surface area contributed by atoms with Crippen LogP contribution in [-0.2, 0) is 0 Å². The number of hydrogen-bond donors (Lipinski definition) is 3. The largest absolute Gasteiger partial charge is 0.489 e. The van der Waals surface area contributed by atoms with Crippen molar-refractivity contribution in [2.45, 2.75) is 26.4 Å². The molecule has 0 aliphatic rings. The molecule has 0 bridgehead atoms. The molecule has 0 saturated carbocycles. The smallest absolute Gasteiger partial charge is 0.144 e. The van der Waals surface area contributed by atoms with E-state index in [1.165, 1.54) is 0 Å². The molecule has 0 radical (unpaired) electrons. The highest BCUT2D eigenvalue weighted by Gasteiger charge is 2.04. The van der Waals surface area contributed by atoms with Gasteiger partial charge in [-0.25, -0.2) is 0 Å².